The van der Waals surface area contributed by atoms with Gasteiger partial charge in [-0.2, -0.15) is 0 Å². The number of rotatable bonds is 4. The smallest absolute Gasteiger partial charge is 0.269 e. The van der Waals surface area contributed by atoms with Crippen molar-refractivity contribution in [1.29, 1.82) is 0 Å². The maximum absolute atomic E-state index is 10.3. The number of quaternary nitrogens is 1. The summed E-state index contributed by atoms with van der Waals surface area (Å²) in [6.07, 6.45) is -0.569. The van der Waals surface area contributed by atoms with Crippen molar-refractivity contribution in [1.82, 2.24) is 0 Å². The predicted octanol–water partition coefficient (Wildman–Crippen LogP) is -0.179. The van der Waals surface area contributed by atoms with E-state index in [0.717, 1.165) is 0 Å². The number of hydrogen-bond donors (Lipinski definition) is 2. The second-order valence-corrected chi connectivity index (χ2v) is 3.01. The monoisotopic (exact) mass is 197 g/mol. The SMILES string of the molecule is C[NH2+]C[C@H](O)c1ccc([N+](=O)[O-])cc1. The Labute approximate surface area is 81.5 Å². The lowest BCUT2D eigenvalue weighted by atomic mass is 10.1. The molecular formula is C9H13N2O3+. The zero-order valence-electron chi connectivity index (χ0n) is 7.88. The molecule has 0 saturated heterocycles. The summed E-state index contributed by atoms with van der Waals surface area (Å²) in [4.78, 5) is 9.89. The Morgan fingerprint density at radius 2 is 2.07 bits per heavy atom. The average Bonchev–Trinajstić information content (AvgIpc) is 2.18. The van der Waals surface area contributed by atoms with Crippen molar-refractivity contribution >= 4 is 5.69 Å². The van der Waals surface area contributed by atoms with E-state index in [0.29, 0.717) is 12.1 Å². The molecule has 1 aromatic rings. The van der Waals surface area contributed by atoms with Crippen LogP contribution in [0.2, 0.25) is 0 Å². The Kier molecular flexibility index (Phi) is 3.55. The maximum atomic E-state index is 10.3. The number of non-ortho nitro benzene ring substituents is 1. The molecular weight excluding hydrogens is 184 g/mol. The summed E-state index contributed by atoms with van der Waals surface area (Å²) in [7, 11) is 1.86. The quantitative estimate of drug-likeness (QED) is 0.519. The van der Waals surface area contributed by atoms with Gasteiger partial charge in [-0.15, -0.1) is 0 Å². The molecule has 0 aliphatic carbocycles. The van der Waals surface area contributed by atoms with E-state index < -0.39 is 11.0 Å². The first-order chi connectivity index (χ1) is 6.65. The molecule has 0 bridgehead atoms. The van der Waals surface area contributed by atoms with Gasteiger partial charge in [0.25, 0.3) is 5.69 Å². The van der Waals surface area contributed by atoms with Gasteiger partial charge in [0.05, 0.1) is 12.0 Å². The first-order valence-corrected chi connectivity index (χ1v) is 4.35. The van der Waals surface area contributed by atoms with E-state index in [1.54, 1.807) is 12.1 Å². The molecule has 1 rings (SSSR count). The lowest BCUT2D eigenvalue weighted by Crippen LogP contribution is -2.80. The van der Waals surface area contributed by atoms with Gasteiger partial charge in [0.15, 0.2) is 0 Å². The molecule has 0 spiro atoms. The topological polar surface area (TPSA) is 80.0 Å². The van der Waals surface area contributed by atoms with Crippen molar-refractivity contribution in [3.05, 3.63) is 39.9 Å². The third kappa shape index (κ3) is 2.51. The standard InChI is InChI=1S/C9H12N2O3/c1-10-6-9(12)7-2-4-8(5-3-7)11(13)14/h2-5,9-10,12H,6H2,1H3/p+1/t9-/m0/s1. The Morgan fingerprint density at radius 3 is 2.50 bits per heavy atom. The van der Waals surface area contributed by atoms with Crippen LogP contribution in [0.1, 0.15) is 11.7 Å². The first-order valence-electron chi connectivity index (χ1n) is 4.35. The van der Waals surface area contributed by atoms with Crippen LogP contribution < -0.4 is 5.32 Å². The zero-order valence-corrected chi connectivity index (χ0v) is 7.88. The fraction of sp³-hybridized carbons (Fsp3) is 0.333. The fourth-order valence-electron chi connectivity index (χ4n) is 1.18. The number of aliphatic hydroxyl groups excluding tert-OH is 1. The van der Waals surface area contributed by atoms with Crippen LogP contribution in [-0.4, -0.2) is 23.6 Å². The van der Waals surface area contributed by atoms with Crippen LogP contribution in [0.4, 0.5) is 5.69 Å². The van der Waals surface area contributed by atoms with Crippen LogP contribution in [0, 0.1) is 10.1 Å². The van der Waals surface area contributed by atoms with Gasteiger partial charge in [-0.05, 0) is 17.7 Å². The minimum atomic E-state index is -0.569. The summed E-state index contributed by atoms with van der Waals surface area (Å²) in [6.45, 7) is 0.553. The van der Waals surface area contributed by atoms with Crippen molar-refractivity contribution < 1.29 is 15.3 Å². The van der Waals surface area contributed by atoms with E-state index in [1.165, 1.54) is 12.1 Å². The predicted molar refractivity (Wildman–Crippen MR) is 50.8 cm³/mol. The van der Waals surface area contributed by atoms with E-state index in [9.17, 15) is 15.2 Å². The van der Waals surface area contributed by atoms with Gasteiger partial charge in [0.2, 0.25) is 0 Å². The number of nitrogens with zero attached hydrogens (tertiary/aromatic N) is 1. The highest BCUT2D eigenvalue weighted by Gasteiger charge is 2.10. The van der Waals surface area contributed by atoms with Crippen molar-refractivity contribution in [2.75, 3.05) is 13.6 Å². The number of benzene rings is 1. The summed E-state index contributed by atoms with van der Waals surface area (Å²) >= 11 is 0. The second kappa shape index (κ2) is 4.69. The lowest BCUT2D eigenvalue weighted by molar-refractivity contribution is -0.634. The molecule has 0 fully saturated rings. The van der Waals surface area contributed by atoms with Gasteiger partial charge < -0.3 is 10.4 Å². The van der Waals surface area contributed by atoms with Crippen molar-refractivity contribution in [2.45, 2.75) is 6.10 Å². The van der Waals surface area contributed by atoms with Gasteiger partial charge in [0.1, 0.15) is 12.6 Å². The van der Waals surface area contributed by atoms with Gasteiger partial charge >= 0.3 is 0 Å². The van der Waals surface area contributed by atoms with Gasteiger partial charge in [-0.25, -0.2) is 0 Å². The van der Waals surface area contributed by atoms with Crippen LogP contribution in [0.15, 0.2) is 24.3 Å². The fourth-order valence-corrected chi connectivity index (χ4v) is 1.18. The molecule has 0 radical (unpaired) electrons. The average molecular weight is 197 g/mol. The molecule has 76 valence electrons. The minimum absolute atomic E-state index is 0.0430. The normalized spacial score (nSPS) is 12.4. The molecule has 5 heteroatoms. The highest BCUT2D eigenvalue weighted by atomic mass is 16.6. The maximum Gasteiger partial charge on any atom is 0.269 e. The first kappa shape index (κ1) is 10.6. The molecule has 1 aromatic carbocycles. The zero-order chi connectivity index (χ0) is 10.6. The number of likely N-dealkylation sites (N-methyl/N-ethyl adjacent to an activating group) is 1. The molecule has 0 heterocycles. The van der Waals surface area contributed by atoms with Crippen LogP contribution in [0.5, 0.6) is 0 Å². The third-order valence-electron chi connectivity index (χ3n) is 1.95. The van der Waals surface area contributed by atoms with Gasteiger partial charge in [0, 0.05) is 12.1 Å². The third-order valence-corrected chi connectivity index (χ3v) is 1.95. The van der Waals surface area contributed by atoms with E-state index in [1.807, 2.05) is 12.4 Å². The Hall–Kier alpha value is -1.46. The Morgan fingerprint density at radius 1 is 1.50 bits per heavy atom. The highest BCUT2D eigenvalue weighted by Crippen LogP contribution is 2.16. The summed E-state index contributed by atoms with van der Waals surface area (Å²) in [5.41, 5.74) is 0.745. The number of aliphatic hydroxyl groups is 1. The summed E-state index contributed by atoms with van der Waals surface area (Å²) in [6, 6.07) is 5.95. The number of nitrogens with two attached hydrogens (primary N) is 1. The Bertz CT molecular complexity index is 310. The molecule has 0 aliphatic heterocycles. The molecule has 5 nitrogen and oxygen atoms in total. The van der Waals surface area contributed by atoms with E-state index in [-0.39, 0.29) is 5.69 Å². The molecule has 0 aromatic heterocycles. The highest BCUT2D eigenvalue weighted by molar-refractivity contribution is 5.33. The number of hydrogen-bond acceptors (Lipinski definition) is 3. The van der Waals surface area contributed by atoms with Crippen LogP contribution in [0.25, 0.3) is 0 Å². The summed E-state index contributed by atoms with van der Waals surface area (Å²) in [5.74, 6) is 0. The number of nitro benzene ring substituents is 1. The largest absolute Gasteiger partial charge is 0.382 e. The molecule has 0 aliphatic rings. The summed E-state index contributed by atoms with van der Waals surface area (Å²) < 4.78 is 0. The summed E-state index contributed by atoms with van der Waals surface area (Å²) in [5, 5.41) is 21.7. The Balaban J connectivity index is 2.77. The van der Waals surface area contributed by atoms with Crippen molar-refractivity contribution in [2.24, 2.45) is 0 Å². The van der Waals surface area contributed by atoms with Crippen LogP contribution >= 0.6 is 0 Å². The van der Waals surface area contributed by atoms with Crippen molar-refractivity contribution in [3.8, 4) is 0 Å². The lowest BCUT2D eigenvalue weighted by Gasteiger charge is -2.06. The van der Waals surface area contributed by atoms with E-state index in [4.69, 9.17) is 0 Å². The van der Waals surface area contributed by atoms with Gasteiger partial charge in [-0.3, -0.25) is 10.1 Å². The van der Waals surface area contributed by atoms with Crippen molar-refractivity contribution in [3.63, 3.8) is 0 Å². The van der Waals surface area contributed by atoms with E-state index >= 15 is 0 Å². The van der Waals surface area contributed by atoms with E-state index in [2.05, 4.69) is 0 Å². The molecule has 3 N–H and O–H groups in total. The van der Waals surface area contributed by atoms with Crippen LogP contribution in [0.3, 0.4) is 0 Å². The second-order valence-electron chi connectivity index (χ2n) is 3.01. The molecule has 1 atom stereocenters. The number of nitro groups is 1. The minimum Gasteiger partial charge on any atom is -0.382 e. The molecule has 0 saturated carbocycles. The van der Waals surface area contributed by atoms with Crippen LogP contribution in [-0.2, 0) is 0 Å². The molecule has 14 heavy (non-hydrogen) atoms. The molecule has 0 unspecified atom stereocenters. The van der Waals surface area contributed by atoms with Gasteiger partial charge in [-0.1, -0.05) is 0 Å². The molecule has 0 amide bonds.